The molecule has 0 bridgehead atoms. The Balaban J connectivity index is 2.04. The second-order valence-electron chi connectivity index (χ2n) is 4.75. The van der Waals surface area contributed by atoms with E-state index in [1.165, 1.54) is 32.1 Å². The third kappa shape index (κ3) is 2.35. The summed E-state index contributed by atoms with van der Waals surface area (Å²) in [5, 5.41) is 3.89. The third-order valence-corrected chi connectivity index (χ3v) is 3.27. The van der Waals surface area contributed by atoms with Gasteiger partial charge in [-0.1, -0.05) is 19.3 Å². The number of nitrogens with zero attached hydrogens (tertiary/aromatic N) is 3. The molecule has 0 spiro atoms. The minimum atomic E-state index is -0.0958. The Kier molecular flexibility index (Phi) is 3.43. The first kappa shape index (κ1) is 11.4. The van der Waals surface area contributed by atoms with Crippen molar-refractivity contribution in [1.82, 2.24) is 10.1 Å². The summed E-state index contributed by atoms with van der Waals surface area (Å²) in [5.74, 6) is 1.68. The fourth-order valence-corrected chi connectivity index (χ4v) is 2.24. The van der Waals surface area contributed by atoms with Crippen LogP contribution in [-0.4, -0.2) is 24.2 Å². The largest absolute Gasteiger partial charge is 0.344 e. The summed E-state index contributed by atoms with van der Waals surface area (Å²) >= 11 is 0. The van der Waals surface area contributed by atoms with Crippen LogP contribution in [0.3, 0.4) is 0 Å². The molecular weight excluding hydrogens is 204 g/mol. The molecule has 2 N–H and O–H groups in total. The van der Waals surface area contributed by atoms with Crippen molar-refractivity contribution in [2.75, 3.05) is 19.0 Å². The van der Waals surface area contributed by atoms with Crippen LogP contribution >= 0.6 is 0 Å². The Bertz CT molecular complexity index is 330. The minimum absolute atomic E-state index is 0.0958. The molecule has 1 aliphatic carbocycles. The average Bonchev–Trinajstić information content (AvgIpc) is 2.78. The molecule has 90 valence electrons. The fraction of sp³-hybridized carbons (Fsp3) is 0.818. The molecule has 0 saturated heterocycles. The van der Waals surface area contributed by atoms with Gasteiger partial charge in [-0.05, 0) is 23.9 Å². The molecule has 1 atom stereocenters. The summed E-state index contributed by atoms with van der Waals surface area (Å²) in [5.41, 5.74) is 6.17. The van der Waals surface area contributed by atoms with Gasteiger partial charge in [0.25, 0.3) is 5.95 Å². The molecule has 0 radical (unpaired) electrons. The van der Waals surface area contributed by atoms with Gasteiger partial charge in [0.1, 0.15) is 0 Å². The second-order valence-corrected chi connectivity index (χ2v) is 4.75. The molecule has 1 aromatic heterocycles. The monoisotopic (exact) mass is 224 g/mol. The smallest absolute Gasteiger partial charge is 0.265 e. The van der Waals surface area contributed by atoms with E-state index >= 15 is 0 Å². The van der Waals surface area contributed by atoms with Crippen molar-refractivity contribution in [3.63, 3.8) is 0 Å². The third-order valence-electron chi connectivity index (χ3n) is 3.27. The summed E-state index contributed by atoms with van der Waals surface area (Å²) in [6, 6.07) is -0.0958. The Morgan fingerprint density at radius 2 is 2.00 bits per heavy atom. The van der Waals surface area contributed by atoms with E-state index in [1.54, 1.807) is 0 Å². The molecule has 2 rings (SSSR count). The standard InChI is InChI=1S/C11H20N4O/c1-15(2)11-13-10(16-14-11)9(12)8-6-4-3-5-7-8/h8-9H,3-7,12H2,1-2H3. The highest BCUT2D eigenvalue weighted by Gasteiger charge is 2.26. The number of aromatic nitrogens is 2. The van der Waals surface area contributed by atoms with Gasteiger partial charge in [-0.25, -0.2) is 0 Å². The van der Waals surface area contributed by atoms with E-state index in [0.717, 1.165) is 0 Å². The van der Waals surface area contributed by atoms with E-state index in [9.17, 15) is 0 Å². The summed E-state index contributed by atoms with van der Waals surface area (Å²) < 4.78 is 5.21. The number of hydrogen-bond acceptors (Lipinski definition) is 5. The molecule has 1 aromatic rings. The highest BCUT2D eigenvalue weighted by Crippen LogP contribution is 2.32. The van der Waals surface area contributed by atoms with Gasteiger partial charge in [-0.15, -0.1) is 0 Å². The lowest BCUT2D eigenvalue weighted by molar-refractivity contribution is 0.255. The van der Waals surface area contributed by atoms with Crippen LogP contribution in [0.2, 0.25) is 0 Å². The second kappa shape index (κ2) is 4.82. The Morgan fingerprint density at radius 3 is 2.56 bits per heavy atom. The van der Waals surface area contributed by atoms with Crippen molar-refractivity contribution >= 4 is 5.95 Å². The normalized spacial score (nSPS) is 19.7. The van der Waals surface area contributed by atoms with Gasteiger partial charge >= 0.3 is 0 Å². The number of anilines is 1. The molecule has 1 heterocycles. The Labute approximate surface area is 96.0 Å². The van der Waals surface area contributed by atoms with Gasteiger partial charge < -0.3 is 15.2 Å². The lowest BCUT2D eigenvalue weighted by atomic mass is 9.84. The van der Waals surface area contributed by atoms with E-state index in [4.69, 9.17) is 10.3 Å². The first-order valence-electron chi connectivity index (χ1n) is 5.95. The lowest BCUT2D eigenvalue weighted by Gasteiger charge is -2.24. The van der Waals surface area contributed by atoms with Crippen molar-refractivity contribution in [1.29, 1.82) is 0 Å². The van der Waals surface area contributed by atoms with Gasteiger partial charge in [0.05, 0.1) is 6.04 Å². The quantitative estimate of drug-likeness (QED) is 0.846. The maximum absolute atomic E-state index is 6.17. The molecule has 16 heavy (non-hydrogen) atoms. The van der Waals surface area contributed by atoms with Crippen LogP contribution in [0, 0.1) is 5.92 Å². The molecule has 1 aliphatic rings. The zero-order valence-corrected chi connectivity index (χ0v) is 10.0. The first-order chi connectivity index (χ1) is 7.68. The highest BCUT2D eigenvalue weighted by atomic mass is 16.5. The van der Waals surface area contributed by atoms with Crippen molar-refractivity contribution < 1.29 is 4.52 Å². The van der Waals surface area contributed by atoms with Crippen LogP contribution in [0.1, 0.15) is 44.0 Å². The van der Waals surface area contributed by atoms with E-state index < -0.39 is 0 Å². The van der Waals surface area contributed by atoms with Crippen LogP contribution in [0.5, 0.6) is 0 Å². The van der Waals surface area contributed by atoms with Gasteiger partial charge in [0.2, 0.25) is 5.89 Å². The van der Waals surface area contributed by atoms with Gasteiger partial charge in [0, 0.05) is 14.1 Å². The summed E-state index contributed by atoms with van der Waals surface area (Å²) in [4.78, 5) is 6.13. The topological polar surface area (TPSA) is 68.2 Å². The summed E-state index contributed by atoms with van der Waals surface area (Å²) in [7, 11) is 3.78. The molecule has 1 saturated carbocycles. The first-order valence-corrected chi connectivity index (χ1v) is 5.95. The molecule has 0 aliphatic heterocycles. The SMILES string of the molecule is CN(C)c1noc(C(N)C2CCCCC2)n1. The van der Waals surface area contributed by atoms with E-state index in [2.05, 4.69) is 10.1 Å². The molecule has 1 unspecified atom stereocenters. The summed E-state index contributed by atoms with van der Waals surface area (Å²) in [6.07, 6.45) is 6.23. The molecule has 5 heteroatoms. The number of rotatable bonds is 3. The van der Waals surface area contributed by atoms with E-state index in [0.29, 0.717) is 17.8 Å². The fourth-order valence-electron chi connectivity index (χ4n) is 2.24. The molecule has 5 nitrogen and oxygen atoms in total. The van der Waals surface area contributed by atoms with Crippen LogP contribution in [-0.2, 0) is 0 Å². The highest BCUT2D eigenvalue weighted by molar-refractivity contribution is 5.24. The minimum Gasteiger partial charge on any atom is -0.344 e. The van der Waals surface area contributed by atoms with Crippen LogP contribution in [0.25, 0.3) is 0 Å². The lowest BCUT2D eigenvalue weighted by Crippen LogP contribution is -2.24. The predicted octanol–water partition coefficient (Wildman–Crippen LogP) is 1.72. The van der Waals surface area contributed by atoms with Gasteiger partial charge in [-0.3, -0.25) is 0 Å². The Morgan fingerprint density at radius 1 is 1.31 bits per heavy atom. The molecular formula is C11H20N4O. The van der Waals surface area contributed by atoms with Crippen LogP contribution in [0.15, 0.2) is 4.52 Å². The molecule has 0 amide bonds. The van der Waals surface area contributed by atoms with Gasteiger partial charge in [-0.2, -0.15) is 4.98 Å². The van der Waals surface area contributed by atoms with Crippen LogP contribution in [0.4, 0.5) is 5.95 Å². The average molecular weight is 224 g/mol. The van der Waals surface area contributed by atoms with Crippen LogP contribution < -0.4 is 10.6 Å². The van der Waals surface area contributed by atoms with E-state index in [1.807, 2.05) is 19.0 Å². The van der Waals surface area contributed by atoms with Gasteiger partial charge in [0.15, 0.2) is 0 Å². The zero-order chi connectivity index (χ0) is 11.5. The maximum Gasteiger partial charge on any atom is 0.265 e. The molecule has 0 aromatic carbocycles. The van der Waals surface area contributed by atoms with E-state index in [-0.39, 0.29) is 6.04 Å². The van der Waals surface area contributed by atoms with Crippen molar-refractivity contribution in [2.24, 2.45) is 11.7 Å². The zero-order valence-electron chi connectivity index (χ0n) is 10.0. The van der Waals surface area contributed by atoms with Crippen molar-refractivity contribution in [3.8, 4) is 0 Å². The predicted molar refractivity (Wildman–Crippen MR) is 62.1 cm³/mol. The maximum atomic E-state index is 6.17. The summed E-state index contributed by atoms with van der Waals surface area (Å²) in [6.45, 7) is 0. The van der Waals surface area contributed by atoms with Crippen molar-refractivity contribution in [3.05, 3.63) is 5.89 Å². The number of hydrogen-bond donors (Lipinski definition) is 1. The Hall–Kier alpha value is -1.10. The molecule has 1 fully saturated rings. The number of nitrogens with two attached hydrogens (primary N) is 1. The van der Waals surface area contributed by atoms with Crippen molar-refractivity contribution in [2.45, 2.75) is 38.1 Å².